The highest BCUT2D eigenvalue weighted by Gasteiger charge is 2.12. The number of nitrogens with one attached hydrogen (secondary N) is 1. The first-order valence-electron chi connectivity index (χ1n) is 5.04. The molecular formula is C10H15ClN4O. The van der Waals surface area contributed by atoms with Crippen LogP contribution in [0.25, 0.3) is 0 Å². The molecule has 1 aromatic rings. The van der Waals surface area contributed by atoms with E-state index in [2.05, 4.69) is 15.5 Å². The van der Waals surface area contributed by atoms with Crippen molar-refractivity contribution in [2.24, 2.45) is 0 Å². The minimum absolute atomic E-state index is 0.139. The third-order valence-electron chi connectivity index (χ3n) is 2.12. The molecule has 0 unspecified atom stereocenters. The molecule has 6 heteroatoms. The van der Waals surface area contributed by atoms with E-state index in [4.69, 9.17) is 11.6 Å². The Morgan fingerprint density at radius 1 is 1.50 bits per heavy atom. The van der Waals surface area contributed by atoms with E-state index in [0.717, 1.165) is 13.0 Å². The second kappa shape index (κ2) is 6.40. The molecule has 1 N–H and O–H groups in total. The summed E-state index contributed by atoms with van der Waals surface area (Å²) in [6, 6.07) is 3.13. The number of rotatable bonds is 5. The molecule has 0 atom stereocenters. The zero-order valence-electron chi connectivity index (χ0n) is 9.40. The van der Waals surface area contributed by atoms with Crippen molar-refractivity contribution in [3.8, 4) is 0 Å². The van der Waals surface area contributed by atoms with Gasteiger partial charge in [-0.2, -0.15) is 0 Å². The topological polar surface area (TPSA) is 58.1 Å². The van der Waals surface area contributed by atoms with Crippen LogP contribution >= 0.6 is 11.6 Å². The van der Waals surface area contributed by atoms with Gasteiger partial charge in [0.2, 0.25) is 0 Å². The van der Waals surface area contributed by atoms with Gasteiger partial charge in [-0.1, -0.05) is 11.6 Å². The van der Waals surface area contributed by atoms with Gasteiger partial charge in [-0.05, 0) is 32.1 Å². The van der Waals surface area contributed by atoms with Gasteiger partial charge in [0.05, 0.1) is 0 Å². The van der Waals surface area contributed by atoms with E-state index in [1.54, 1.807) is 24.1 Å². The van der Waals surface area contributed by atoms with Crippen LogP contribution < -0.4 is 5.32 Å². The maximum absolute atomic E-state index is 11.8. The molecule has 1 amide bonds. The lowest BCUT2D eigenvalue weighted by Gasteiger charge is -2.15. The Bertz CT molecular complexity index is 341. The van der Waals surface area contributed by atoms with Gasteiger partial charge in [0.15, 0.2) is 10.8 Å². The molecule has 1 rings (SSSR count). The first kappa shape index (κ1) is 12.9. The minimum Gasteiger partial charge on any atom is -0.340 e. The fourth-order valence-corrected chi connectivity index (χ4v) is 1.32. The predicted octanol–water partition coefficient (Wildman–Crippen LogP) is 0.811. The first-order chi connectivity index (χ1) is 7.65. The Balaban J connectivity index is 2.53. The van der Waals surface area contributed by atoms with Gasteiger partial charge in [-0.25, -0.2) is 0 Å². The van der Waals surface area contributed by atoms with Crippen LogP contribution in [0.4, 0.5) is 0 Å². The smallest absolute Gasteiger partial charge is 0.274 e. The Labute approximate surface area is 99.8 Å². The van der Waals surface area contributed by atoms with E-state index in [0.29, 0.717) is 12.2 Å². The molecular weight excluding hydrogens is 228 g/mol. The molecule has 1 heterocycles. The van der Waals surface area contributed by atoms with Crippen molar-refractivity contribution in [2.75, 3.05) is 27.2 Å². The molecule has 0 aliphatic rings. The summed E-state index contributed by atoms with van der Waals surface area (Å²) in [4.78, 5) is 13.4. The highest BCUT2D eigenvalue weighted by Crippen LogP contribution is 2.04. The summed E-state index contributed by atoms with van der Waals surface area (Å²) in [5.41, 5.74) is 0.316. The van der Waals surface area contributed by atoms with Crippen molar-refractivity contribution in [1.29, 1.82) is 0 Å². The van der Waals surface area contributed by atoms with E-state index in [1.807, 2.05) is 7.05 Å². The summed E-state index contributed by atoms with van der Waals surface area (Å²) in [5, 5.41) is 10.7. The summed E-state index contributed by atoms with van der Waals surface area (Å²) in [5.74, 6) is -0.139. The highest BCUT2D eigenvalue weighted by atomic mass is 35.5. The van der Waals surface area contributed by atoms with Gasteiger partial charge in [0.1, 0.15) is 0 Å². The van der Waals surface area contributed by atoms with Gasteiger partial charge < -0.3 is 10.2 Å². The number of halogens is 1. The van der Waals surface area contributed by atoms with Crippen LogP contribution in [0.5, 0.6) is 0 Å². The molecule has 0 aromatic carbocycles. The Hall–Kier alpha value is -1.20. The van der Waals surface area contributed by atoms with E-state index in [-0.39, 0.29) is 11.1 Å². The van der Waals surface area contributed by atoms with E-state index >= 15 is 0 Å². The zero-order valence-corrected chi connectivity index (χ0v) is 10.2. The summed E-state index contributed by atoms with van der Waals surface area (Å²) in [6.07, 6.45) is 0.903. The fourth-order valence-electron chi connectivity index (χ4n) is 1.22. The van der Waals surface area contributed by atoms with Crippen LogP contribution in [-0.4, -0.2) is 48.2 Å². The average molecular weight is 243 g/mol. The quantitative estimate of drug-likeness (QED) is 0.777. The highest BCUT2D eigenvalue weighted by molar-refractivity contribution is 6.29. The van der Waals surface area contributed by atoms with Crippen LogP contribution in [-0.2, 0) is 0 Å². The van der Waals surface area contributed by atoms with Crippen LogP contribution in [0.2, 0.25) is 5.15 Å². The Morgan fingerprint density at radius 3 is 2.81 bits per heavy atom. The number of aromatic nitrogens is 2. The van der Waals surface area contributed by atoms with Gasteiger partial charge >= 0.3 is 0 Å². The van der Waals surface area contributed by atoms with Crippen molar-refractivity contribution >= 4 is 17.5 Å². The third kappa shape index (κ3) is 3.75. The fraction of sp³-hybridized carbons (Fsp3) is 0.500. The molecule has 0 aliphatic carbocycles. The average Bonchev–Trinajstić information content (AvgIpc) is 2.29. The van der Waals surface area contributed by atoms with Crippen molar-refractivity contribution in [2.45, 2.75) is 6.42 Å². The summed E-state index contributed by atoms with van der Waals surface area (Å²) >= 11 is 5.59. The lowest BCUT2D eigenvalue weighted by molar-refractivity contribution is 0.0787. The summed E-state index contributed by atoms with van der Waals surface area (Å²) in [7, 11) is 3.63. The molecule has 0 bridgehead atoms. The van der Waals surface area contributed by atoms with Crippen LogP contribution in [0.15, 0.2) is 12.1 Å². The summed E-state index contributed by atoms with van der Waals surface area (Å²) in [6.45, 7) is 1.56. The predicted molar refractivity (Wildman–Crippen MR) is 62.5 cm³/mol. The molecule has 1 aromatic heterocycles. The monoisotopic (exact) mass is 242 g/mol. The molecule has 88 valence electrons. The number of hydrogen-bond donors (Lipinski definition) is 1. The van der Waals surface area contributed by atoms with Crippen molar-refractivity contribution in [1.82, 2.24) is 20.4 Å². The van der Waals surface area contributed by atoms with Crippen LogP contribution in [0.1, 0.15) is 16.9 Å². The molecule has 0 fully saturated rings. The van der Waals surface area contributed by atoms with Gasteiger partial charge in [0.25, 0.3) is 5.91 Å². The van der Waals surface area contributed by atoms with Gasteiger partial charge in [0, 0.05) is 13.6 Å². The number of nitrogens with zero attached hydrogens (tertiary/aromatic N) is 3. The largest absolute Gasteiger partial charge is 0.340 e. The maximum Gasteiger partial charge on any atom is 0.274 e. The number of carbonyl (C=O) groups excluding carboxylic acids is 1. The van der Waals surface area contributed by atoms with Crippen molar-refractivity contribution in [3.63, 3.8) is 0 Å². The van der Waals surface area contributed by atoms with Crippen molar-refractivity contribution < 1.29 is 4.79 Å². The third-order valence-corrected chi connectivity index (χ3v) is 2.32. The van der Waals surface area contributed by atoms with E-state index in [1.165, 1.54) is 0 Å². The molecule has 0 aliphatic heterocycles. The normalized spacial score (nSPS) is 10.2. The molecule has 0 radical (unpaired) electrons. The minimum atomic E-state index is -0.139. The molecule has 0 saturated heterocycles. The zero-order chi connectivity index (χ0) is 12.0. The second-order valence-electron chi connectivity index (χ2n) is 3.43. The van der Waals surface area contributed by atoms with Gasteiger partial charge in [-0.15, -0.1) is 10.2 Å². The number of carbonyl (C=O) groups is 1. The van der Waals surface area contributed by atoms with Crippen LogP contribution in [0.3, 0.4) is 0 Å². The Kier molecular flexibility index (Phi) is 5.14. The SMILES string of the molecule is CNCCCN(C)C(=O)c1ccc(Cl)nn1. The second-order valence-corrected chi connectivity index (χ2v) is 3.81. The lowest BCUT2D eigenvalue weighted by atomic mass is 10.3. The molecule has 5 nitrogen and oxygen atoms in total. The standard InChI is InChI=1S/C10H15ClN4O/c1-12-6-3-7-15(2)10(16)8-4-5-9(11)14-13-8/h4-5,12H,3,6-7H2,1-2H3. The molecule has 16 heavy (non-hydrogen) atoms. The number of hydrogen-bond acceptors (Lipinski definition) is 4. The van der Waals surface area contributed by atoms with Crippen molar-refractivity contribution in [3.05, 3.63) is 23.0 Å². The van der Waals surface area contributed by atoms with E-state index < -0.39 is 0 Å². The maximum atomic E-state index is 11.8. The molecule has 0 spiro atoms. The summed E-state index contributed by atoms with van der Waals surface area (Å²) < 4.78 is 0. The van der Waals surface area contributed by atoms with Crippen LogP contribution in [0, 0.1) is 0 Å². The number of amides is 1. The van der Waals surface area contributed by atoms with E-state index in [9.17, 15) is 4.79 Å². The van der Waals surface area contributed by atoms with Gasteiger partial charge in [-0.3, -0.25) is 4.79 Å². The molecule has 0 saturated carbocycles. The lowest BCUT2D eigenvalue weighted by Crippen LogP contribution is -2.30. The Morgan fingerprint density at radius 2 is 2.25 bits per heavy atom. The first-order valence-corrected chi connectivity index (χ1v) is 5.42.